The van der Waals surface area contributed by atoms with E-state index in [2.05, 4.69) is 63.2 Å². The lowest BCUT2D eigenvalue weighted by Gasteiger charge is -2.48. The molecular formula is C25H51B. The second-order valence-corrected chi connectivity index (χ2v) is 12.5. The van der Waals surface area contributed by atoms with Crippen molar-refractivity contribution < 1.29 is 0 Å². The largest absolute Gasteiger partial charge is 0.110 e. The van der Waals surface area contributed by atoms with Crippen molar-refractivity contribution in [2.24, 2.45) is 22.2 Å². The molecule has 0 heterocycles. The number of hydrogen-bond donors (Lipinski definition) is 0. The molecule has 0 amide bonds. The first-order chi connectivity index (χ1) is 11.8. The van der Waals surface area contributed by atoms with Gasteiger partial charge in [0.05, 0.1) is 0 Å². The van der Waals surface area contributed by atoms with E-state index < -0.39 is 0 Å². The Morgan fingerprint density at radius 1 is 0.731 bits per heavy atom. The van der Waals surface area contributed by atoms with Crippen molar-refractivity contribution in [3.05, 3.63) is 0 Å². The smallest absolute Gasteiger partial charge is 0.0623 e. The van der Waals surface area contributed by atoms with Crippen LogP contribution in [0.15, 0.2) is 0 Å². The molecule has 0 nitrogen and oxygen atoms in total. The van der Waals surface area contributed by atoms with Crippen molar-refractivity contribution in [1.82, 2.24) is 0 Å². The fourth-order valence-corrected chi connectivity index (χ4v) is 5.66. The Morgan fingerprint density at radius 2 is 1.12 bits per heavy atom. The highest BCUT2D eigenvalue weighted by atomic mass is 14.4. The van der Waals surface area contributed by atoms with Crippen LogP contribution in [0, 0.1) is 22.2 Å². The van der Waals surface area contributed by atoms with E-state index in [4.69, 9.17) is 0 Å². The summed E-state index contributed by atoms with van der Waals surface area (Å²) in [7, 11) is 2.62. The van der Waals surface area contributed by atoms with Crippen LogP contribution in [0.3, 0.4) is 0 Å². The van der Waals surface area contributed by atoms with Crippen LogP contribution in [-0.4, -0.2) is 7.85 Å². The highest BCUT2D eigenvalue weighted by Gasteiger charge is 2.41. The van der Waals surface area contributed by atoms with Gasteiger partial charge >= 0.3 is 0 Å². The Balaban J connectivity index is 2.82. The molecule has 1 aliphatic carbocycles. The molecule has 1 heteroatoms. The van der Waals surface area contributed by atoms with Gasteiger partial charge in [0.15, 0.2) is 0 Å². The third-order valence-electron chi connectivity index (χ3n) is 8.20. The summed E-state index contributed by atoms with van der Waals surface area (Å²) in [5, 5.41) is 0.496. The first-order valence-corrected chi connectivity index (χ1v) is 11.8. The van der Waals surface area contributed by atoms with Crippen LogP contribution in [0.2, 0.25) is 5.31 Å². The van der Waals surface area contributed by atoms with Crippen LogP contribution in [-0.2, 0) is 0 Å². The summed E-state index contributed by atoms with van der Waals surface area (Å²) in [4.78, 5) is 0. The minimum Gasteiger partial charge on any atom is -0.0623 e. The lowest BCUT2D eigenvalue weighted by molar-refractivity contribution is 0.125. The Kier molecular flexibility index (Phi) is 8.82. The van der Waals surface area contributed by atoms with Gasteiger partial charge in [-0.1, -0.05) is 118 Å². The summed E-state index contributed by atoms with van der Waals surface area (Å²) < 4.78 is 0. The molecule has 0 aliphatic heterocycles. The minimum atomic E-state index is 0.423. The lowest BCUT2D eigenvalue weighted by Crippen LogP contribution is -2.35. The van der Waals surface area contributed by atoms with Crippen molar-refractivity contribution in [2.45, 2.75) is 138 Å². The van der Waals surface area contributed by atoms with Crippen LogP contribution < -0.4 is 0 Å². The van der Waals surface area contributed by atoms with Gasteiger partial charge in [0.1, 0.15) is 7.85 Å². The van der Waals surface area contributed by atoms with Gasteiger partial charge < -0.3 is 0 Å². The van der Waals surface area contributed by atoms with Crippen molar-refractivity contribution in [3.8, 4) is 0 Å². The van der Waals surface area contributed by atoms with Crippen LogP contribution in [0.4, 0.5) is 0 Å². The third-order valence-corrected chi connectivity index (χ3v) is 8.20. The number of hydrogen-bond acceptors (Lipinski definition) is 0. The van der Waals surface area contributed by atoms with Crippen LogP contribution >= 0.6 is 0 Å². The predicted octanol–water partition coefficient (Wildman–Crippen LogP) is 8.21. The van der Waals surface area contributed by atoms with Crippen LogP contribution in [0.5, 0.6) is 0 Å². The molecule has 1 saturated carbocycles. The van der Waals surface area contributed by atoms with Gasteiger partial charge in [0.25, 0.3) is 0 Å². The molecule has 0 radical (unpaired) electrons. The highest BCUT2D eigenvalue weighted by molar-refractivity contribution is 6.15. The topological polar surface area (TPSA) is 0 Å². The maximum absolute atomic E-state index is 2.62. The van der Waals surface area contributed by atoms with Gasteiger partial charge in [-0.2, -0.15) is 0 Å². The second kappa shape index (κ2) is 9.51. The summed E-state index contributed by atoms with van der Waals surface area (Å²) in [6.45, 7) is 19.8. The van der Waals surface area contributed by atoms with E-state index in [1.165, 1.54) is 77.0 Å². The summed E-state index contributed by atoms with van der Waals surface area (Å²) in [5.41, 5.74) is 1.42. The van der Waals surface area contributed by atoms with Gasteiger partial charge in [0, 0.05) is 0 Å². The van der Waals surface area contributed by atoms with Crippen molar-refractivity contribution in [3.63, 3.8) is 0 Å². The standard InChI is InChI=1S/C25H51B/c1-21(2)24(8)16-12-9-10-14-18-25(26,19-15-11-13-17-24)23(6,7)20-22(3,4)5/h21H,9-20,26H2,1-8H3. The van der Waals surface area contributed by atoms with Crippen LogP contribution in [0.25, 0.3) is 0 Å². The van der Waals surface area contributed by atoms with Gasteiger partial charge in [-0.25, -0.2) is 0 Å². The van der Waals surface area contributed by atoms with E-state index in [9.17, 15) is 0 Å². The Morgan fingerprint density at radius 3 is 1.50 bits per heavy atom. The van der Waals surface area contributed by atoms with E-state index in [1.54, 1.807) is 0 Å². The average molecular weight is 362 g/mol. The second-order valence-electron chi connectivity index (χ2n) is 12.5. The fourth-order valence-electron chi connectivity index (χ4n) is 5.66. The number of rotatable bonds is 3. The molecule has 1 rings (SSSR count). The van der Waals surface area contributed by atoms with Crippen molar-refractivity contribution in [1.29, 1.82) is 0 Å². The quantitative estimate of drug-likeness (QED) is 0.444. The van der Waals surface area contributed by atoms with E-state index in [0.717, 1.165) is 5.92 Å². The molecule has 154 valence electrons. The van der Waals surface area contributed by atoms with E-state index in [0.29, 0.717) is 21.6 Å². The molecule has 0 aromatic heterocycles. The Labute approximate surface area is 168 Å². The zero-order valence-electron chi connectivity index (χ0n) is 20.1. The average Bonchev–Trinajstić information content (AvgIpc) is 2.48. The summed E-state index contributed by atoms with van der Waals surface area (Å²) in [5.74, 6) is 0.823. The maximum atomic E-state index is 2.62. The summed E-state index contributed by atoms with van der Waals surface area (Å²) in [6, 6.07) is 0. The van der Waals surface area contributed by atoms with Crippen LogP contribution in [0.1, 0.15) is 132 Å². The zero-order chi connectivity index (χ0) is 20.1. The first kappa shape index (κ1) is 24.1. The van der Waals surface area contributed by atoms with E-state index >= 15 is 0 Å². The zero-order valence-corrected chi connectivity index (χ0v) is 20.1. The molecule has 26 heavy (non-hydrogen) atoms. The monoisotopic (exact) mass is 362 g/mol. The molecule has 2 atom stereocenters. The molecule has 0 aromatic rings. The molecule has 2 unspecified atom stereocenters. The minimum absolute atomic E-state index is 0.423. The lowest BCUT2D eigenvalue weighted by atomic mass is 9.47. The molecule has 0 spiro atoms. The van der Waals surface area contributed by atoms with E-state index in [-0.39, 0.29) is 0 Å². The maximum Gasteiger partial charge on any atom is 0.110 e. The predicted molar refractivity (Wildman–Crippen MR) is 123 cm³/mol. The Hall–Kier alpha value is 0.0649. The van der Waals surface area contributed by atoms with Gasteiger partial charge in [-0.15, -0.1) is 0 Å². The molecule has 1 aliphatic rings. The molecular weight excluding hydrogens is 311 g/mol. The first-order valence-electron chi connectivity index (χ1n) is 11.8. The molecule has 1 fully saturated rings. The SMILES string of the molecule is BC1(C(C)(C)CC(C)(C)C)CCCCCCC(C)(C(C)C)CCCCC1. The summed E-state index contributed by atoms with van der Waals surface area (Å²) >= 11 is 0. The highest BCUT2D eigenvalue weighted by Crippen LogP contribution is 2.56. The van der Waals surface area contributed by atoms with Crippen molar-refractivity contribution >= 4 is 7.85 Å². The molecule has 0 aromatic carbocycles. The van der Waals surface area contributed by atoms with Crippen molar-refractivity contribution in [2.75, 3.05) is 0 Å². The molecule has 0 saturated heterocycles. The molecule has 0 bridgehead atoms. The Bertz CT molecular complexity index is 403. The molecule has 0 N–H and O–H groups in total. The van der Waals surface area contributed by atoms with Gasteiger partial charge in [0.2, 0.25) is 0 Å². The normalized spacial score (nSPS) is 31.1. The van der Waals surface area contributed by atoms with E-state index in [1.807, 2.05) is 0 Å². The third kappa shape index (κ3) is 7.24. The van der Waals surface area contributed by atoms with Gasteiger partial charge in [-0.3, -0.25) is 0 Å². The van der Waals surface area contributed by atoms with Gasteiger partial charge in [-0.05, 0) is 41.4 Å². The fraction of sp³-hybridized carbons (Fsp3) is 1.00. The summed E-state index contributed by atoms with van der Waals surface area (Å²) in [6.07, 6.45) is 17.1.